The fourth-order valence-corrected chi connectivity index (χ4v) is 3.32. The van der Waals surface area contributed by atoms with Crippen LogP contribution in [0.25, 0.3) is 0 Å². The van der Waals surface area contributed by atoms with Gasteiger partial charge in [-0.1, -0.05) is 29.8 Å². The van der Waals surface area contributed by atoms with E-state index in [1.807, 2.05) is 11.3 Å². The molecule has 0 radical (unpaired) electrons. The van der Waals surface area contributed by atoms with Gasteiger partial charge in [0.15, 0.2) is 0 Å². The van der Waals surface area contributed by atoms with Gasteiger partial charge in [0.05, 0.1) is 6.04 Å². The summed E-state index contributed by atoms with van der Waals surface area (Å²) in [7, 11) is 0. The highest BCUT2D eigenvalue weighted by Gasteiger charge is 2.21. The van der Waals surface area contributed by atoms with E-state index < -0.39 is 0 Å². The van der Waals surface area contributed by atoms with Gasteiger partial charge in [0.25, 0.3) is 0 Å². The number of nitrogens with one attached hydrogen (secondary N) is 1. The number of rotatable bonds is 1. The molecular formula is C14H15NS. The molecule has 0 aliphatic carbocycles. The molecule has 1 aromatic carbocycles. The first-order chi connectivity index (χ1) is 7.84. The summed E-state index contributed by atoms with van der Waals surface area (Å²) in [6, 6.07) is 11.5. The van der Waals surface area contributed by atoms with E-state index in [0.717, 1.165) is 6.54 Å². The molecule has 82 valence electrons. The smallest absolute Gasteiger partial charge is 0.0587 e. The third-order valence-electron chi connectivity index (χ3n) is 3.17. The number of fused-ring (bicyclic) bond motifs is 1. The van der Waals surface area contributed by atoms with Crippen molar-refractivity contribution < 1.29 is 0 Å². The molecule has 0 bridgehead atoms. The van der Waals surface area contributed by atoms with E-state index in [1.165, 1.54) is 23.1 Å². The fourth-order valence-electron chi connectivity index (χ4n) is 2.40. The van der Waals surface area contributed by atoms with Gasteiger partial charge in [-0.05, 0) is 35.9 Å². The molecule has 3 rings (SSSR count). The normalized spacial score (nSPS) is 19.4. The van der Waals surface area contributed by atoms with Crippen LogP contribution < -0.4 is 5.32 Å². The van der Waals surface area contributed by atoms with E-state index >= 15 is 0 Å². The summed E-state index contributed by atoms with van der Waals surface area (Å²) in [6.07, 6.45) is 1.18. The van der Waals surface area contributed by atoms with Crippen LogP contribution in [0, 0.1) is 6.92 Å². The van der Waals surface area contributed by atoms with Crippen molar-refractivity contribution in [3.05, 3.63) is 57.3 Å². The molecule has 1 aliphatic rings. The Bertz CT molecular complexity index is 501. The summed E-state index contributed by atoms with van der Waals surface area (Å²) in [5.74, 6) is 0. The lowest BCUT2D eigenvalue weighted by atomic mass is 9.94. The van der Waals surface area contributed by atoms with Crippen LogP contribution >= 0.6 is 11.3 Å². The van der Waals surface area contributed by atoms with Crippen molar-refractivity contribution in [3.8, 4) is 0 Å². The lowest BCUT2D eigenvalue weighted by molar-refractivity contribution is 0.574. The summed E-state index contributed by atoms with van der Waals surface area (Å²) in [5.41, 5.74) is 4.20. The van der Waals surface area contributed by atoms with Gasteiger partial charge in [-0.15, -0.1) is 11.3 Å². The summed E-state index contributed by atoms with van der Waals surface area (Å²) >= 11 is 1.89. The maximum Gasteiger partial charge on any atom is 0.0587 e. The van der Waals surface area contributed by atoms with Crippen LogP contribution in [0.4, 0.5) is 0 Å². The summed E-state index contributed by atoms with van der Waals surface area (Å²) in [6.45, 7) is 3.24. The maximum absolute atomic E-state index is 3.61. The molecule has 16 heavy (non-hydrogen) atoms. The standard InChI is InChI=1S/C14H15NS/c1-10-3-2-4-11(9-10)14-12-6-8-16-13(12)5-7-15-14/h2-4,6,8-9,14-15H,5,7H2,1H3/t14-/m0/s1. The van der Waals surface area contributed by atoms with Gasteiger partial charge < -0.3 is 5.32 Å². The van der Waals surface area contributed by atoms with Crippen LogP contribution in [0.15, 0.2) is 35.7 Å². The molecule has 1 nitrogen and oxygen atoms in total. The molecule has 2 aromatic rings. The topological polar surface area (TPSA) is 12.0 Å². The molecule has 0 fully saturated rings. The van der Waals surface area contributed by atoms with E-state index in [4.69, 9.17) is 0 Å². The van der Waals surface area contributed by atoms with Crippen LogP contribution in [-0.4, -0.2) is 6.54 Å². The second kappa shape index (κ2) is 4.04. The van der Waals surface area contributed by atoms with E-state index in [2.05, 4.69) is 48.0 Å². The monoisotopic (exact) mass is 229 g/mol. The highest BCUT2D eigenvalue weighted by atomic mass is 32.1. The highest BCUT2D eigenvalue weighted by Crippen LogP contribution is 2.32. The van der Waals surface area contributed by atoms with Gasteiger partial charge in [0.1, 0.15) is 0 Å². The molecule has 0 spiro atoms. The molecule has 1 aromatic heterocycles. The Morgan fingerprint density at radius 2 is 2.25 bits per heavy atom. The Labute approximate surface area is 100 Å². The Kier molecular flexibility index (Phi) is 2.54. The Balaban J connectivity index is 2.04. The first-order valence-corrected chi connectivity index (χ1v) is 6.59. The zero-order chi connectivity index (χ0) is 11.0. The number of aryl methyl sites for hydroxylation is 1. The number of hydrogen-bond acceptors (Lipinski definition) is 2. The minimum Gasteiger partial charge on any atom is -0.306 e. The molecule has 0 amide bonds. The minimum atomic E-state index is 0.398. The van der Waals surface area contributed by atoms with Crippen molar-refractivity contribution in [1.82, 2.24) is 5.32 Å². The largest absolute Gasteiger partial charge is 0.306 e. The first-order valence-electron chi connectivity index (χ1n) is 5.71. The van der Waals surface area contributed by atoms with Crippen LogP contribution in [0.3, 0.4) is 0 Å². The van der Waals surface area contributed by atoms with Crippen molar-refractivity contribution in [1.29, 1.82) is 0 Å². The molecule has 1 aliphatic heterocycles. The van der Waals surface area contributed by atoms with Gasteiger partial charge >= 0.3 is 0 Å². The average Bonchev–Trinajstić information content (AvgIpc) is 2.76. The number of benzene rings is 1. The van der Waals surface area contributed by atoms with Crippen molar-refractivity contribution >= 4 is 11.3 Å². The van der Waals surface area contributed by atoms with Gasteiger partial charge in [-0.25, -0.2) is 0 Å². The molecule has 0 unspecified atom stereocenters. The van der Waals surface area contributed by atoms with E-state index in [-0.39, 0.29) is 0 Å². The quantitative estimate of drug-likeness (QED) is 0.791. The zero-order valence-corrected chi connectivity index (χ0v) is 10.2. The Hall–Kier alpha value is -1.12. The summed E-state index contributed by atoms with van der Waals surface area (Å²) in [4.78, 5) is 1.55. The Morgan fingerprint density at radius 3 is 3.12 bits per heavy atom. The summed E-state index contributed by atoms with van der Waals surface area (Å²) < 4.78 is 0. The SMILES string of the molecule is Cc1cccc([C@@H]2NCCc3sccc32)c1. The van der Waals surface area contributed by atoms with Crippen molar-refractivity contribution in [2.75, 3.05) is 6.54 Å². The first kappa shape index (κ1) is 10.1. The molecule has 2 heterocycles. The zero-order valence-electron chi connectivity index (χ0n) is 9.36. The molecule has 1 N–H and O–H groups in total. The lowest BCUT2D eigenvalue weighted by Gasteiger charge is -2.24. The predicted molar refractivity (Wildman–Crippen MR) is 69.0 cm³/mol. The van der Waals surface area contributed by atoms with Gasteiger partial charge in [-0.2, -0.15) is 0 Å². The predicted octanol–water partition coefficient (Wildman–Crippen LogP) is 3.29. The lowest BCUT2D eigenvalue weighted by Crippen LogP contribution is -2.29. The third kappa shape index (κ3) is 1.68. The van der Waals surface area contributed by atoms with Crippen molar-refractivity contribution in [3.63, 3.8) is 0 Å². The number of thiophene rings is 1. The second-order valence-corrected chi connectivity index (χ2v) is 5.35. The van der Waals surface area contributed by atoms with Crippen LogP contribution in [0.5, 0.6) is 0 Å². The number of hydrogen-bond donors (Lipinski definition) is 1. The van der Waals surface area contributed by atoms with Crippen molar-refractivity contribution in [2.45, 2.75) is 19.4 Å². The highest BCUT2D eigenvalue weighted by molar-refractivity contribution is 7.10. The molecule has 0 saturated carbocycles. The van der Waals surface area contributed by atoms with E-state index in [9.17, 15) is 0 Å². The molecule has 1 atom stereocenters. The average molecular weight is 229 g/mol. The Morgan fingerprint density at radius 1 is 1.31 bits per heavy atom. The molecule has 0 saturated heterocycles. The van der Waals surface area contributed by atoms with Crippen LogP contribution in [0.2, 0.25) is 0 Å². The van der Waals surface area contributed by atoms with Crippen LogP contribution in [-0.2, 0) is 6.42 Å². The summed E-state index contributed by atoms with van der Waals surface area (Å²) in [5, 5.41) is 5.82. The van der Waals surface area contributed by atoms with Gasteiger partial charge in [-0.3, -0.25) is 0 Å². The third-order valence-corrected chi connectivity index (χ3v) is 4.16. The van der Waals surface area contributed by atoms with Crippen LogP contribution in [0.1, 0.15) is 27.6 Å². The molecular weight excluding hydrogens is 214 g/mol. The van der Waals surface area contributed by atoms with Gasteiger partial charge in [0.2, 0.25) is 0 Å². The van der Waals surface area contributed by atoms with E-state index in [0.29, 0.717) is 6.04 Å². The van der Waals surface area contributed by atoms with E-state index in [1.54, 1.807) is 4.88 Å². The fraction of sp³-hybridized carbons (Fsp3) is 0.286. The maximum atomic E-state index is 3.61. The second-order valence-electron chi connectivity index (χ2n) is 4.35. The molecule has 2 heteroatoms. The minimum absolute atomic E-state index is 0.398. The van der Waals surface area contributed by atoms with Gasteiger partial charge in [0, 0.05) is 11.4 Å². The van der Waals surface area contributed by atoms with Crippen molar-refractivity contribution in [2.24, 2.45) is 0 Å².